The molecule has 0 aliphatic heterocycles. The van der Waals surface area contributed by atoms with Crippen LogP contribution in [0, 0.1) is 5.82 Å². The Morgan fingerprint density at radius 2 is 2.06 bits per heavy atom. The van der Waals surface area contributed by atoms with Gasteiger partial charge in [0.05, 0.1) is 29.7 Å². The Morgan fingerprint density at radius 3 is 2.88 bits per heavy atom. The zero-order valence-electron chi connectivity index (χ0n) is 8.38. The smallest absolute Gasteiger partial charge is 0.224 e. The molecule has 0 amide bonds. The van der Waals surface area contributed by atoms with E-state index in [9.17, 15) is 4.39 Å². The van der Waals surface area contributed by atoms with Crippen LogP contribution in [0.3, 0.4) is 0 Å². The molecule has 0 aromatic carbocycles. The van der Waals surface area contributed by atoms with E-state index in [2.05, 4.69) is 20.1 Å². The molecule has 0 saturated heterocycles. The third-order valence-corrected chi connectivity index (χ3v) is 2.40. The van der Waals surface area contributed by atoms with Gasteiger partial charge in [-0.1, -0.05) is 0 Å². The molecule has 0 saturated carbocycles. The summed E-state index contributed by atoms with van der Waals surface area (Å²) in [5.74, 6) is -0.439. The largest absolute Gasteiger partial charge is 0.259 e. The minimum absolute atomic E-state index is 0.114. The lowest BCUT2D eigenvalue weighted by atomic mass is 10.4. The van der Waals surface area contributed by atoms with E-state index < -0.39 is 5.82 Å². The summed E-state index contributed by atoms with van der Waals surface area (Å²) in [6.07, 6.45) is 5.75. The molecule has 0 spiro atoms. The lowest BCUT2D eigenvalue weighted by molar-refractivity contribution is 0.619. The molecule has 5 nitrogen and oxygen atoms in total. The molecule has 0 fully saturated rings. The van der Waals surface area contributed by atoms with Gasteiger partial charge >= 0.3 is 0 Å². The topological polar surface area (TPSA) is 56.5 Å². The van der Waals surface area contributed by atoms with Crippen molar-refractivity contribution in [1.82, 2.24) is 24.7 Å². The number of hydrogen-bond donors (Lipinski definition) is 0. The molecule has 0 N–H and O–H groups in total. The van der Waals surface area contributed by atoms with Gasteiger partial charge < -0.3 is 0 Å². The van der Waals surface area contributed by atoms with Crippen molar-refractivity contribution in [3.63, 3.8) is 0 Å². The Labute approximate surface area is 99.9 Å². The van der Waals surface area contributed by atoms with Crippen molar-refractivity contribution in [2.24, 2.45) is 0 Å². The first kappa shape index (κ1) is 10.1. The Hall–Kier alpha value is -2.08. The summed E-state index contributed by atoms with van der Waals surface area (Å²) in [5, 5.41) is 4.93. The maximum atomic E-state index is 13.1. The minimum atomic E-state index is -0.439. The van der Waals surface area contributed by atoms with E-state index in [1.807, 2.05) is 0 Å². The van der Waals surface area contributed by atoms with Crippen LogP contribution in [0.2, 0.25) is 5.28 Å². The van der Waals surface area contributed by atoms with Crippen molar-refractivity contribution >= 4 is 22.6 Å². The minimum Gasteiger partial charge on any atom is -0.259 e. The molecule has 0 atom stereocenters. The molecule has 0 radical (unpaired) electrons. The lowest BCUT2D eigenvalue weighted by Gasteiger charge is -2.01. The van der Waals surface area contributed by atoms with Crippen LogP contribution in [0.4, 0.5) is 4.39 Å². The molecule has 3 heterocycles. The standard InChI is InChI=1S/C10H5ClFN5/c11-10-14-2-6-3-15-17(9(6)16-10)8-1-7(12)4-13-5-8/h1-5H. The predicted molar refractivity (Wildman–Crippen MR) is 59.4 cm³/mol. The molecule has 0 unspecified atom stereocenters. The molecular weight excluding hydrogens is 245 g/mol. The first-order chi connectivity index (χ1) is 8.24. The number of hydrogen-bond acceptors (Lipinski definition) is 4. The average Bonchev–Trinajstić information content (AvgIpc) is 2.71. The Bertz CT molecular complexity index is 696. The molecule has 7 heteroatoms. The highest BCUT2D eigenvalue weighted by Gasteiger charge is 2.08. The second kappa shape index (κ2) is 3.74. The maximum Gasteiger partial charge on any atom is 0.224 e. The summed E-state index contributed by atoms with van der Waals surface area (Å²) in [4.78, 5) is 11.6. The van der Waals surface area contributed by atoms with Crippen LogP contribution < -0.4 is 0 Å². The van der Waals surface area contributed by atoms with Crippen molar-refractivity contribution in [1.29, 1.82) is 0 Å². The zero-order valence-corrected chi connectivity index (χ0v) is 9.13. The van der Waals surface area contributed by atoms with Crippen molar-refractivity contribution < 1.29 is 4.39 Å². The van der Waals surface area contributed by atoms with Crippen LogP contribution in [-0.2, 0) is 0 Å². The van der Waals surface area contributed by atoms with Crippen LogP contribution in [-0.4, -0.2) is 24.7 Å². The van der Waals surface area contributed by atoms with Crippen LogP contribution in [0.15, 0.2) is 30.9 Å². The van der Waals surface area contributed by atoms with E-state index in [0.29, 0.717) is 11.3 Å². The van der Waals surface area contributed by atoms with Crippen LogP contribution in [0.25, 0.3) is 16.7 Å². The molecule has 17 heavy (non-hydrogen) atoms. The van der Waals surface area contributed by atoms with Gasteiger partial charge in [-0.05, 0) is 11.6 Å². The maximum absolute atomic E-state index is 13.1. The SMILES string of the molecule is Fc1cncc(-n2ncc3cnc(Cl)nc32)c1. The van der Waals surface area contributed by atoms with Gasteiger partial charge in [0.25, 0.3) is 0 Å². The molecule has 84 valence electrons. The second-order valence-electron chi connectivity index (χ2n) is 3.34. The van der Waals surface area contributed by atoms with E-state index in [4.69, 9.17) is 11.6 Å². The zero-order chi connectivity index (χ0) is 11.8. The van der Waals surface area contributed by atoms with Crippen LogP contribution in [0.1, 0.15) is 0 Å². The van der Waals surface area contributed by atoms with E-state index in [1.165, 1.54) is 16.9 Å². The molecular formula is C10H5ClFN5. The normalized spacial score (nSPS) is 10.9. The first-order valence-electron chi connectivity index (χ1n) is 4.71. The molecule has 0 aliphatic carbocycles. The molecule has 3 aromatic heterocycles. The third-order valence-electron chi connectivity index (χ3n) is 2.21. The highest BCUT2D eigenvalue weighted by Crippen LogP contribution is 2.16. The summed E-state index contributed by atoms with van der Waals surface area (Å²) in [6, 6.07) is 1.31. The number of nitrogens with zero attached hydrogens (tertiary/aromatic N) is 5. The van der Waals surface area contributed by atoms with Gasteiger partial charge in [-0.15, -0.1) is 0 Å². The fraction of sp³-hybridized carbons (Fsp3) is 0. The van der Waals surface area contributed by atoms with E-state index in [-0.39, 0.29) is 5.28 Å². The highest BCUT2D eigenvalue weighted by molar-refractivity contribution is 6.28. The number of rotatable bonds is 1. The monoisotopic (exact) mass is 249 g/mol. The van der Waals surface area contributed by atoms with Gasteiger partial charge in [-0.3, -0.25) is 4.98 Å². The highest BCUT2D eigenvalue weighted by atomic mass is 35.5. The summed E-state index contributed by atoms with van der Waals surface area (Å²) in [5.41, 5.74) is 0.993. The Kier molecular flexibility index (Phi) is 2.22. The fourth-order valence-electron chi connectivity index (χ4n) is 1.50. The summed E-state index contributed by atoms with van der Waals surface area (Å²) >= 11 is 5.71. The quantitative estimate of drug-likeness (QED) is 0.619. The fourth-order valence-corrected chi connectivity index (χ4v) is 1.63. The summed E-state index contributed by atoms with van der Waals surface area (Å²) < 4.78 is 14.5. The predicted octanol–water partition coefficient (Wildman–Crippen LogP) is 2.00. The van der Waals surface area contributed by atoms with Gasteiger partial charge in [0.15, 0.2) is 5.65 Å². The van der Waals surface area contributed by atoms with E-state index in [1.54, 1.807) is 12.4 Å². The van der Waals surface area contributed by atoms with Crippen LogP contribution in [0.5, 0.6) is 0 Å². The van der Waals surface area contributed by atoms with Gasteiger partial charge in [0.1, 0.15) is 5.82 Å². The van der Waals surface area contributed by atoms with Crippen molar-refractivity contribution in [2.45, 2.75) is 0 Å². The molecule has 0 aliphatic rings. The number of fused-ring (bicyclic) bond motifs is 1. The van der Waals surface area contributed by atoms with Crippen molar-refractivity contribution in [3.8, 4) is 5.69 Å². The molecule has 0 bridgehead atoms. The number of pyridine rings is 1. The molecule has 3 rings (SSSR count). The van der Waals surface area contributed by atoms with Gasteiger partial charge in [-0.25, -0.2) is 14.1 Å². The van der Waals surface area contributed by atoms with Gasteiger partial charge in [0, 0.05) is 12.3 Å². The third kappa shape index (κ3) is 1.72. The lowest BCUT2D eigenvalue weighted by Crippen LogP contribution is -1.99. The van der Waals surface area contributed by atoms with Gasteiger partial charge in [-0.2, -0.15) is 10.1 Å². The van der Waals surface area contributed by atoms with Crippen molar-refractivity contribution in [3.05, 3.63) is 42.0 Å². The summed E-state index contributed by atoms with van der Waals surface area (Å²) in [6.45, 7) is 0. The number of halogens is 2. The van der Waals surface area contributed by atoms with E-state index >= 15 is 0 Å². The average molecular weight is 250 g/mol. The summed E-state index contributed by atoms with van der Waals surface area (Å²) in [7, 11) is 0. The second-order valence-corrected chi connectivity index (χ2v) is 3.67. The van der Waals surface area contributed by atoms with Crippen molar-refractivity contribution in [2.75, 3.05) is 0 Å². The Morgan fingerprint density at radius 1 is 1.18 bits per heavy atom. The Balaban J connectivity index is 2.27. The molecule has 3 aromatic rings. The van der Waals surface area contributed by atoms with Gasteiger partial charge in [0.2, 0.25) is 5.28 Å². The van der Waals surface area contributed by atoms with Crippen LogP contribution >= 0.6 is 11.6 Å². The van der Waals surface area contributed by atoms with E-state index in [0.717, 1.165) is 11.6 Å². The first-order valence-corrected chi connectivity index (χ1v) is 5.09. The number of aromatic nitrogens is 5.